The van der Waals surface area contributed by atoms with E-state index in [0.717, 1.165) is 46.6 Å². The van der Waals surface area contributed by atoms with Gasteiger partial charge in [-0.1, -0.05) is 152 Å². The summed E-state index contributed by atoms with van der Waals surface area (Å²) in [6.07, 6.45) is 1.91. The van der Waals surface area contributed by atoms with Crippen LogP contribution in [0.1, 0.15) is 11.1 Å². The Kier molecular flexibility index (Phi) is 8.37. The van der Waals surface area contributed by atoms with Crippen LogP contribution in [0.2, 0.25) is 0 Å². The Morgan fingerprint density at radius 3 is 1.43 bits per heavy atom. The van der Waals surface area contributed by atoms with E-state index in [2.05, 4.69) is 244 Å². The molecule has 10 aromatic carbocycles. The zero-order valence-electron chi connectivity index (χ0n) is 36.6. The Bertz CT molecular complexity index is 3970. The average Bonchev–Trinajstić information content (AvgIpc) is 4.07. The fourth-order valence-electron chi connectivity index (χ4n) is 11.1. The van der Waals surface area contributed by atoms with Gasteiger partial charge in [0.05, 0.1) is 33.1 Å². The van der Waals surface area contributed by atoms with Crippen molar-refractivity contribution in [3.8, 4) is 61.8 Å². The quantitative estimate of drug-likeness (QED) is 0.157. The third-order valence-electron chi connectivity index (χ3n) is 14.0. The highest BCUT2D eigenvalue weighted by atomic mass is 15.1. The summed E-state index contributed by atoms with van der Waals surface area (Å²) in [7, 11) is 0. The largest absolute Gasteiger partial charge is 0.309 e. The summed E-state index contributed by atoms with van der Waals surface area (Å²) in [4.78, 5) is 5.26. The molecule has 0 amide bonds. The fourth-order valence-corrected chi connectivity index (χ4v) is 11.1. The van der Waals surface area contributed by atoms with Crippen molar-refractivity contribution in [3.63, 3.8) is 0 Å². The van der Waals surface area contributed by atoms with Crippen molar-refractivity contribution in [1.29, 1.82) is 0 Å². The lowest BCUT2D eigenvalue weighted by molar-refractivity contribution is 0.966. The third kappa shape index (κ3) is 5.96. The number of imidazole rings is 1. The number of hydrogen-bond acceptors (Lipinski definition) is 1. The second-order valence-corrected chi connectivity index (χ2v) is 17.9. The maximum atomic E-state index is 5.26. The maximum Gasteiger partial charge on any atom is 0.145 e. The molecule has 0 radical (unpaired) electrons. The number of aryl methyl sites for hydroxylation is 2. The Labute approximate surface area is 387 Å². The number of rotatable bonds is 7. The van der Waals surface area contributed by atoms with E-state index in [0.29, 0.717) is 0 Å². The van der Waals surface area contributed by atoms with Gasteiger partial charge in [-0.25, -0.2) is 4.98 Å². The molecule has 0 spiro atoms. The maximum absolute atomic E-state index is 5.26. The van der Waals surface area contributed by atoms with Crippen molar-refractivity contribution in [3.05, 3.63) is 242 Å². The number of fused-ring (bicyclic) bond motifs is 4. The van der Waals surface area contributed by atoms with Crippen LogP contribution in [-0.2, 0) is 12.8 Å². The van der Waals surface area contributed by atoms with Crippen molar-refractivity contribution in [2.75, 3.05) is 0 Å². The van der Waals surface area contributed by atoms with Crippen LogP contribution in [-0.4, -0.2) is 18.7 Å². The molecule has 0 saturated carbocycles. The number of para-hydroxylation sites is 5. The molecule has 314 valence electrons. The van der Waals surface area contributed by atoms with Gasteiger partial charge in [0.1, 0.15) is 5.82 Å². The number of benzene rings is 10. The average molecular weight is 855 g/mol. The lowest BCUT2D eigenvalue weighted by Crippen LogP contribution is -2.02. The van der Waals surface area contributed by atoms with E-state index in [-0.39, 0.29) is 0 Å². The predicted octanol–water partition coefficient (Wildman–Crippen LogP) is 16.0. The molecule has 67 heavy (non-hydrogen) atoms. The van der Waals surface area contributed by atoms with E-state index in [1.807, 2.05) is 0 Å². The molecular formula is C63H42N4. The van der Waals surface area contributed by atoms with Crippen LogP contribution < -0.4 is 0 Å². The summed E-state index contributed by atoms with van der Waals surface area (Å²) in [6.45, 7) is 0. The van der Waals surface area contributed by atoms with Gasteiger partial charge < -0.3 is 9.13 Å². The van der Waals surface area contributed by atoms with E-state index in [1.54, 1.807) is 0 Å². The van der Waals surface area contributed by atoms with Crippen molar-refractivity contribution in [2.24, 2.45) is 0 Å². The van der Waals surface area contributed by atoms with Crippen LogP contribution in [0.5, 0.6) is 0 Å². The van der Waals surface area contributed by atoms with Crippen LogP contribution in [0.3, 0.4) is 0 Å². The van der Waals surface area contributed by atoms with Gasteiger partial charge in [0.15, 0.2) is 0 Å². The minimum absolute atomic E-state index is 0.930. The van der Waals surface area contributed by atoms with Crippen molar-refractivity contribution in [2.45, 2.75) is 12.8 Å². The molecule has 0 bridgehead atoms. The first-order valence-corrected chi connectivity index (χ1v) is 23.2. The highest BCUT2D eigenvalue weighted by Crippen LogP contribution is 2.45. The van der Waals surface area contributed by atoms with Crippen LogP contribution in [0.25, 0.3) is 116 Å². The Balaban J connectivity index is 1.05. The van der Waals surface area contributed by atoms with E-state index in [1.165, 1.54) is 93.8 Å². The van der Waals surface area contributed by atoms with Crippen LogP contribution in [0.15, 0.2) is 231 Å². The van der Waals surface area contributed by atoms with E-state index in [4.69, 9.17) is 4.98 Å². The van der Waals surface area contributed by atoms with E-state index >= 15 is 0 Å². The van der Waals surface area contributed by atoms with Crippen molar-refractivity contribution >= 4 is 54.6 Å². The SMILES string of the molecule is c1ccc(-c2cc(-c3ccccc3)cc(-n3c4cc(-c5cccc(-c6nc7ccccc7n6-c6ccccc6)c5)cc5c4c4c(cc(-n6c7ccccc7c7ccccc76)cc43)CC5)c2)cc1. The van der Waals surface area contributed by atoms with Crippen LogP contribution in [0, 0.1) is 0 Å². The molecule has 4 nitrogen and oxygen atoms in total. The number of hydrogen-bond donors (Lipinski definition) is 0. The molecule has 0 aliphatic heterocycles. The second kappa shape index (κ2) is 14.9. The smallest absolute Gasteiger partial charge is 0.145 e. The topological polar surface area (TPSA) is 27.7 Å². The Morgan fingerprint density at radius 1 is 0.284 bits per heavy atom. The third-order valence-corrected chi connectivity index (χ3v) is 14.0. The van der Waals surface area contributed by atoms with Crippen molar-refractivity contribution < 1.29 is 0 Å². The lowest BCUT2D eigenvalue weighted by Gasteiger charge is -2.17. The molecule has 0 N–H and O–H groups in total. The second-order valence-electron chi connectivity index (χ2n) is 17.9. The molecule has 4 heteroatoms. The first-order valence-electron chi connectivity index (χ1n) is 23.2. The molecule has 3 aromatic heterocycles. The van der Waals surface area contributed by atoms with Crippen LogP contribution in [0.4, 0.5) is 0 Å². The highest BCUT2D eigenvalue weighted by Gasteiger charge is 2.26. The Morgan fingerprint density at radius 2 is 0.761 bits per heavy atom. The molecular weight excluding hydrogens is 813 g/mol. The molecule has 13 aromatic rings. The fraction of sp³-hybridized carbons (Fsp3) is 0.0317. The summed E-state index contributed by atoms with van der Waals surface area (Å²) < 4.78 is 7.34. The number of aromatic nitrogens is 4. The monoisotopic (exact) mass is 854 g/mol. The molecule has 0 saturated heterocycles. The molecule has 3 heterocycles. The summed E-state index contributed by atoms with van der Waals surface area (Å²) >= 11 is 0. The molecule has 1 aliphatic rings. The van der Waals surface area contributed by atoms with Crippen molar-refractivity contribution in [1.82, 2.24) is 18.7 Å². The van der Waals surface area contributed by atoms with E-state index < -0.39 is 0 Å². The number of nitrogens with zero attached hydrogens (tertiary/aromatic N) is 4. The summed E-state index contributed by atoms with van der Waals surface area (Å²) in [5.74, 6) is 0.930. The zero-order valence-corrected chi connectivity index (χ0v) is 36.6. The molecule has 0 fully saturated rings. The van der Waals surface area contributed by atoms with Gasteiger partial charge in [-0.05, 0) is 136 Å². The summed E-state index contributed by atoms with van der Waals surface area (Å²) in [5, 5.41) is 5.24. The van der Waals surface area contributed by atoms with Gasteiger partial charge >= 0.3 is 0 Å². The predicted molar refractivity (Wildman–Crippen MR) is 279 cm³/mol. The summed E-state index contributed by atoms with van der Waals surface area (Å²) in [5.41, 5.74) is 21.3. The van der Waals surface area contributed by atoms with Gasteiger partial charge in [-0.2, -0.15) is 0 Å². The van der Waals surface area contributed by atoms with Gasteiger partial charge in [0.2, 0.25) is 0 Å². The molecule has 14 rings (SSSR count). The molecule has 0 atom stereocenters. The normalized spacial score (nSPS) is 12.4. The van der Waals surface area contributed by atoms with Gasteiger partial charge in [-0.15, -0.1) is 0 Å². The molecule has 0 unspecified atom stereocenters. The summed E-state index contributed by atoms with van der Waals surface area (Å²) in [6, 6.07) is 84.3. The van der Waals surface area contributed by atoms with Gasteiger partial charge in [0, 0.05) is 44.2 Å². The van der Waals surface area contributed by atoms with Gasteiger partial charge in [-0.3, -0.25) is 4.57 Å². The van der Waals surface area contributed by atoms with Gasteiger partial charge in [0.25, 0.3) is 0 Å². The Hall–Kier alpha value is -8.73. The first kappa shape index (κ1) is 37.6. The van der Waals surface area contributed by atoms with E-state index in [9.17, 15) is 0 Å². The minimum atomic E-state index is 0.930. The lowest BCUT2D eigenvalue weighted by atomic mass is 9.88. The van der Waals surface area contributed by atoms with Crippen LogP contribution >= 0.6 is 0 Å². The standard InChI is InChI=1S/C63H42N4/c1-4-17-41(18-5-1)47-35-48(42-19-6-2-7-20-42)38-51(37-47)66-59-39-49(43-21-16-22-46(33-43)63-64-55-27-12-15-30-58(55)67(63)50-23-8-3-9-24-50)34-44-31-32-45-36-52(40-60(66)62(45)61(44)59)65-56-28-13-10-25-53(56)54-26-11-14-29-57(54)65/h1-30,33-40H,31-32H2. The minimum Gasteiger partial charge on any atom is -0.309 e. The zero-order chi connectivity index (χ0) is 44.0. The highest BCUT2D eigenvalue weighted by molar-refractivity contribution is 6.16. The first-order chi connectivity index (χ1) is 33.2. The molecule has 1 aliphatic carbocycles.